The fraction of sp³-hybridized carbons (Fsp3) is 0.533. The number of aromatic nitrogens is 2. The zero-order chi connectivity index (χ0) is 14.0. The third-order valence-corrected chi connectivity index (χ3v) is 3.25. The molecule has 1 aromatic heterocycles. The fourth-order valence-corrected chi connectivity index (χ4v) is 2.26. The Kier molecular flexibility index (Phi) is 3.90. The number of benzene rings is 1. The van der Waals surface area contributed by atoms with Gasteiger partial charge in [0.25, 0.3) is 0 Å². The Hall–Kier alpha value is -1.42. The Labute approximate surface area is 113 Å². The van der Waals surface area contributed by atoms with Crippen LogP contribution in [0.2, 0.25) is 0 Å². The highest BCUT2D eigenvalue weighted by molar-refractivity contribution is 5.76. The molecule has 3 nitrogen and oxygen atoms in total. The van der Waals surface area contributed by atoms with Crippen molar-refractivity contribution < 1.29 is 4.39 Å². The molecule has 0 bridgehead atoms. The van der Waals surface area contributed by atoms with E-state index in [-0.39, 0.29) is 11.4 Å². The summed E-state index contributed by atoms with van der Waals surface area (Å²) in [5.74, 6) is 0.682. The lowest BCUT2D eigenvalue weighted by Crippen LogP contribution is -2.32. The minimum absolute atomic E-state index is 0.228. The largest absolute Gasteiger partial charge is 0.328 e. The van der Waals surface area contributed by atoms with E-state index < -0.39 is 0 Å². The summed E-state index contributed by atoms with van der Waals surface area (Å²) < 4.78 is 15.9. The van der Waals surface area contributed by atoms with Crippen molar-refractivity contribution in [3.8, 4) is 0 Å². The van der Waals surface area contributed by atoms with Crippen molar-refractivity contribution in [1.82, 2.24) is 9.55 Å². The topological polar surface area (TPSA) is 43.8 Å². The first kappa shape index (κ1) is 14.0. The van der Waals surface area contributed by atoms with Gasteiger partial charge in [0.15, 0.2) is 5.82 Å². The van der Waals surface area contributed by atoms with E-state index in [0.29, 0.717) is 5.52 Å². The molecule has 0 aliphatic carbocycles. The smallest absolute Gasteiger partial charge is 0.151 e. The van der Waals surface area contributed by atoms with Crippen LogP contribution in [0.15, 0.2) is 18.2 Å². The van der Waals surface area contributed by atoms with Gasteiger partial charge in [0.05, 0.1) is 5.52 Å². The van der Waals surface area contributed by atoms with Crippen molar-refractivity contribution in [1.29, 1.82) is 0 Å². The molecule has 0 aliphatic rings. The van der Waals surface area contributed by atoms with E-state index >= 15 is 0 Å². The van der Waals surface area contributed by atoms with Crippen molar-refractivity contribution in [2.75, 3.05) is 0 Å². The molecule has 2 rings (SSSR count). The molecule has 0 saturated heterocycles. The lowest BCUT2D eigenvalue weighted by molar-refractivity contribution is 0.464. The van der Waals surface area contributed by atoms with Crippen molar-refractivity contribution >= 4 is 11.0 Å². The van der Waals surface area contributed by atoms with Crippen LogP contribution < -0.4 is 5.73 Å². The van der Waals surface area contributed by atoms with E-state index in [0.717, 1.165) is 37.1 Å². The lowest BCUT2D eigenvalue weighted by Gasteiger charge is -2.18. The quantitative estimate of drug-likeness (QED) is 0.900. The number of rotatable bonds is 5. The van der Waals surface area contributed by atoms with Gasteiger partial charge in [-0.25, -0.2) is 9.37 Å². The van der Waals surface area contributed by atoms with Gasteiger partial charge in [-0.1, -0.05) is 13.0 Å². The summed E-state index contributed by atoms with van der Waals surface area (Å²) in [6.45, 7) is 6.98. The molecule has 1 aromatic carbocycles. The molecule has 104 valence electrons. The number of hydrogen-bond acceptors (Lipinski definition) is 2. The fourth-order valence-electron chi connectivity index (χ4n) is 2.26. The first-order chi connectivity index (χ1) is 8.92. The van der Waals surface area contributed by atoms with E-state index in [1.54, 1.807) is 6.07 Å². The van der Waals surface area contributed by atoms with Gasteiger partial charge in [0, 0.05) is 18.5 Å². The lowest BCUT2D eigenvalue weighted by atomic mass is 10.00. The molecule has 2 aromatic rings. The molecule has 0 spiro atoms. The molecule has 0 fully saturated rings. The molecule has 0 unspecified atom stereocenters. The number of nitrogens with two attached hydrogens (primary N) is 1. The molecule has 0 saturated carbocycles. The zero-order valence-corrected chi connectivity index (χ0v) is 11.9. The molecule has 0 aliphatic heterocycles. The summed E-state index contributed by atoms with van der Waals surface area (Å²) in [4.78, 5) is 4.47. The third kappa shape index (κ3) is 3.13. The van der Waals surface area contributed by atoms with Crippen LogP contribution in [0, 0.1) is 5.82 Å². The number of aryl methyl sites for hydroxylation is 2. The number of halogens is 1. The van der Waals surface area contributed by atoms with Crippen LogP contribution in [0.4, 0.5) is 4.39 Å². The number of hydrogen-bond donors (Lipinski definition) is 1. The van der Waals surface area contributed by atoms with Crippen molar-refractivity contribution in [2.45, 2.75) is 52.1 Å². The monoisotopic (exact) mass is 263 g/mol. The molecule has 0 atom stereocenters. The van der Waals surface area contributed by atoms with E-state index in [1.807, 2.05) is 19.9 Å². The first-order valence-electron chi connectivity index (χ1n) is 6.85. The number of fused-ring (bicyclic) bond motifs is 1. The van der Waals surface area contributed by atoms with Crippen LogP contribution in [0.1, 0.15) is 39.4 Å². The first-order valence-corrected chi connectivity index (χ1v) is 6.85. The van der Waals surface area contributed by atoms with Gasteiger partial charge in [-0.3, -0.25) is 0 Å². The SMILES string of the molecule is CCCn1c(CCC(C)(C)N)nc2c(F)cccc21. The van der Waals surface area contributed by atoms with Crippen molar-refractivity contribution in [2.24, 2.45) is 5.73 Å². The molecular formula is C15H22FN3. The van der Waals surface area contributed by atoms with Crippen LogP contribution in [0.25, 0.3) is 11.0 Å². The van der Waals surface area contributed by atoms with E-state index in [4.69, 9.17) is 5.73 Å². The van der Waals surface area contributed by atoms with Gasteiger partial charge in [0.2, 0.25) is 0 Å². The maximum absolute atomic E-state index is 13.8. The van der Waals surface area contributed by atoms with Crippen LogP contribution >= 0.6 is 0 Å². The average molecular weight is 263 g/mol. The Balaban J connectivity index is 2.41. The van der Waals surface area contributed by atoms with Crippen molar-refractivity contribution in [3.63, 3.8) is 0 Å². The summed E-state index contributed by atoms with van der Waals surface area (Å²) in [5, 5.41) is 0. The predicted molar refractivity (Wildman–Crippen MR) is 76.6 cm³/mol. The second-order valence-corrected chi connectivity index (χ2v) is 5.78. The van der Waals surface area contributed by atoms with E-state index in [9.17, 15) is 4.39 Å². The molecule has 2 N–H and O–H groups in total. The highest BCUT2D eigenvalue weighted by Gasteiger charge is 2.16. The number of para-hydroxylation sites is 1. The Morgan fingerprint density at radius 2 is 2.11 bits per heavy atom. The second kappa shape index (κ2) is 5.29. The summed E-state index contributed by atoms with van der Waals surface area (Å²) in [6.07, 6.45) is 2.61. The molecule has 1 heterocycles. The zero-order valence-electron chi connectivity index (χ0n) is 11.9. The van der Waals surface area contributed by atoms with Crippen LogP contribution in [-0.4, -0.2) is 15.1 Å². The second-order valence-electron chi connectivity index (χ2n) is 5.78. The summed E-state index contributed by atoms with van der Waals surface area (Å²) >= 11 is 0. The molecular weight excluding hydrogens is 241 g/mol. The minimum Gasteiger partial charge on any atom is -0.328 e. The van der Waals surface area contributed by atoms with Gasteiger partial charge in [-0.15, -0.1) is 0 Å². The van der Waals surface area contributed by atoms with Gasteiger partial charge >= 0.3 is 0 Å². The molecule has 0 radical (unpaired) electrons. The normalized spacial score (nSPS) is 12.3. The van der Waals surface area contributed by atoms with Crippen LogP contribution in [0.3, 0.4) is 0 Å². The summed E-state index contributed by atoms with van der Waals surface area (Å²) in [6, 6.07) is 5.13. The van der Waals surface area contributed by atoms with Gasteiger partial charge in [0.1, 0.15) is 11.3 Å². The van der Waals surface area contributed by atoms with Gasteiger partial charge in [-0.05, 0) is 38.8 Å². The Bertz CT molecular complexity index is 567. The molecule has 19 heavy (non-hydrogen) atoms. The highest BCUT2D eigenvalue weighted by Crippen LogP contribution is 2.21. The van der Waals surface area contributed by atoms with Crippen LogP contribution in [0.5, 0.6) is 0 Å². The van der Waals surface area contributed by atoms with Gasteiger partial charge < -0.3 is 10.3 Å². The minimum atomic E-state index is -0.249. The number of imidazole rings is 1. The van der Waals surface area contributed by atoms with Crippen LogP contribution in [-0.2, 0) is 13.0 Å². The maximum atomic E-state index is 13.8. The standard InChI is InChI=1S/C15H22FN3/c1-4-10-19-12-7-5-6-11(16)14(12)18-13(19)8-9-15(2,3)17/h5-7H,4,8-10,17H2,1-3H3. The highest BCUT2D eigenvalue weighted by atomic mass is 19.1. The summed E-state index contributed by atoms with van der Waals surface area (Å²) in [7, 11) is 0. The predicted octanol–water partition coefficient (Wildman–Crippen LogP) is 3.26. The Morgan fingerprint density at radius 3 is 2.74 bits per heavy atom. The molecule has 0 amide bonds. The Morgan fingerprint density at radius 1 is 1.37 bits per heavy atom. The van der Waals surface area contributed by atoms with Crippen molar-refractivity contribution in [3.05, 3.63) is 29.8 Å². The van der Waals surface area contributed by atoms with Gasteiger partial charge in [-0.2, -0.15) is 0 Å². The van der Waals surface area contributed by atoms with E-state index in [2.05, 4.69) is 16.5 Å². The maximum Gasteiger partial charge on any atom is 0.151 e. The average Bonchev–Trinajstić information content (AvgIpc) is 2.67. The third-order valence-electron chi connectivity index (χ3n) is 3.25. The number of nitrogens with zero attached hydrogens (tertiary/aromatic N) is 2. The molecule has 4 heteroatoms. The summed E-state index contributed by atoms with van der Waals surface area (Å²) in [5.41, 5.74) is 7.15. The van der Waals surface area contributed by atoms with E-state index in [1.165, 1.54) is 6.07 Å².